The lowest BCUT2D eigenvalue weighted by Gasteiger charge is -2.59. The van der Waals surface area contributed by atoms with E-state index in [1.807, 2.05) is 42.5 Å². The molecule has 382 valence electrons. The Balaban J connectivity index is 1.29. The maximum absolute atomic E-state index is 14.9. The van der Waals surface area contributed by atoms with Crippen molar-refractivity contribution in [1.29, 1.82) is 0 Å². The molecule has 71 heavy (non-hydrogen) atoms. The molecule has 0 spiro atoms. The number of rotatable bonds is 29. The van der Waals surface area contributed by atoms with Crippen molar-refractivity contribution >= 4 is 11.8 Å². The summed E-state index contributed by atoms with van der Waals surface area (Å²) in [5.41, 5.74) is 5.48. The van der Waals surface area contributed by atoms with Gasteiger partial charge in [-0.05, 0) is 109 Å². The Morgan fingerprint density at radius 2 is 1.48 bits per heavy atom. The van der Waals surface area contributed by atoms with E-state index in [-0.39, 0.29) is 63.0 Å². The van der Waals surface area contributed by atoms with E-state index in [4.69, 9.17) is 28.9 Å². The van der Waals surface area contributed by atoms with Gasteiger partial charge in [-0.3, -0.25) is 4.90 Å². The first-order valence-corrected chi connectivity index (χ1v) is 26.5. The number of halogens is 1. The average molecular weight is 973 g/mol. The number of unbranched alkanes of at least 4 members (excludes halogenated alkanes) is 11. The molecule has 1 aliphatic heterocycles. The monoisotopic (exact) mass is 973 g/mol. The third-order valence-electron chi connectivity index (χ3n) is 14.6. The van der Waals surface area contributed by atoms with E-state index in [0.717, 1.165) is 67.2 Å². The van der Waals surface area contributed by atoms with Crippen molar-refractivity contribution in [1.82, 2.24) is 4.90 Å². The largest absolute Gasteiger partial charge is 0.459 e. The lowest BCUT2D eigenvalue weighted by molar-refractivity contribution is -0.256. The topological polar surface area (TPSA) is 119 Å². The van der Waals surface area contributed by atoms with E-state index in [2.05, 4.69) is 49.9 Å². The fourth-order valence-corrected chi connectivity index (χ4v) is 11.2. The fraction of sp³-hybridized carbons (Fsp3) is 0.500. The van der Waals surface area contributed by atoms with Crippen molar-refractivity contribution in [2.45, 2.75) is 140 Å². The van der Waals surface area contributed by atoms with Crippen molar-refractivity contribution in [3.8, 4) is 28.4 Å². The zero-order valence-electron chi connectivity index (χ0n) is 42.2. The molecule has 2 N–H and O–H groups in total. The number of benzene rings is 4. The van der Waals surface area contributed by atoms with Crippen molar-refractivity contribution in [3.63, 3.8) is 0 Å². The number of allylic oxidation sites excluding steroid dienone is 1. The van der Waals surface area contributed by atoms with Gasteiger partial charge in [0.25, 0.3) is 0 Å². The number of nitrogens with zero attached hydrogens (tertiary/aromatic N) is 2. The van der Waals surface area contributed by atoms with Gasteiger partial charge in [-0.1, -0.05) is 149 Å². The molecule has 10 nitrogen and oxygen atoms in total. The van der Waals surface area contributed by atoms with Gasteiger partial charge in [0.15, 0.2) is 0 Å². The molecule has 0 bridgehead atoms. The number of hydrogen-bond donors (Lipinski definition) is 2. The molecule has 0 aromatic heterocycles. The van der Waals surface area contributed by atoms with Crippen molar-refractivity contribution in [2.24, 2.45) is 22.9 Å². The molecular weight excluding hydrogens is 896 g/mol. The number of amides is 1. The molecule has 0 radical (unpaired) electrons. The SMILES string of the molecule is C=CCO[C@@]12Oc3ccc(Oc4ccc(-c5ccccc5)cc4)cc3[C@H]3[C@H](CCCCO)[C@@H](CCCCO)C=C(C(=NOC)C[C@@H]1N(Cc1ccc(F)cc1)C(=O)OCCCCCCCCCCCC)[C@H]32. The Hall–Kier alpha value is -5.49. The number of carbonyl (C=O) groups excluding carboxylic acids is 1. The van der Waals surface area contributed by atoms with Gasteiger partial charge >= 0.3 is 6.09 Å². The minimum Gasteiger partial charge on any atom is -0.459 e. The molecule has 3 aliphatic rings. The Labute approximate surface area is 421 Å². The van der Waals surface area contributed by atoms with Crippen LogP contribution < -0.4 is 9.47 Å². The molecule has 1 amide bonds. The molecule has 0 unspecified atom stereocenters. The molecule has 1 saturated carbocycles. The number of carbonyl (C=O) groups is 1. The third-order valence-corrected chi connectivity index (χ3v) is 14.6. The minimum absolute atomic E-state index is 0.0279. The number of ether oxygens (including phenoxy) is 4. The van der Waals surface area contributed by atoms with E-state index in [1.54, 1.807) is 23.1 Å². The number of fused-ring (bicyclic) bond motifs is 2. The summed E-state index contributed by atoms with van der Waals surface area (Å²) >= 11 is 0. The van der Waals surface area contributed by atoms with Gasteiger partial charge in [0, 0.05) is 37.7 Å². The lowest BCUT2D eigenvalue weighted by atomic mass is 9.55. The van der Waals surface area contributed by atoms with Crippen molar-refractivity contribution in [2.75, 3.05) is 33.5 Å². The van der Waals surface area contributed by atoms with Crippen LogP contribution in [-0.4, -0.2) is 72.3 Å². The first-order chi connectivity index (χ1) is 34.8. The first-order valence-electron chi connectivity index (χ1n) is 26.5. The molecule has 4 aromatic carbocycles. The summed E-state index contributed by atoms with van der Waals surface area (Å²) in [7, 11) is 1.54. The van der Waals surface area contributed by atoms with Crippen LogP contribution in [0.1, 0.15) is 133 Å². The summed E-state index contributed by atoms with van der Waals surface area (Å²) in [5.74, 6) is -0.572. The number of aliphatic hydroxyl groups excluding tert-OH is 2. The Morgan fingerprint density at radius 1 is 0.817 bits per heavy atom. The van der Waals surface area contributed by atoms with Crippen molar-refractivity contribution in [3.05, 3.63) is 138 Å². The highest BCUT2D eigenvalue weighted by atomic mass is 19.1. The molecular formula is C60H77FN2O8. The molecule has 6 atom stereocenters. The Kier molecular flexibility index (Phi) is 20.5. The molecule has 0 saturated heterocycles. The van der Waals surface area contributed by atoms with Gasteiger partial charge in [0.2, 0.25) is 5.79 Å². The molecule has 4 aromatic rings. The highest BCUT2D eigenvalue weighted by Gasteiger charge is 2.65. The number of aliphatic hydroxyl groups is 2. The lowest BCUT2D eigenvalue weighted by Crippen LogP contribution is -2.70. The molecule has 7 rings (SSSR count). The van der Waals surface area contributed by atoms with Crippen LogP contribution in [0.4, 0.5) is 9.18 Å². The van der Waals surface area contributed by atoms with E-state index in [1.165, 1.54) is 64.2 Å². The van der Waals surface area contributed by atoms with E-state index >= 15 is 0 Å². The maximum Gasteiger partial charge on any atom is 0.410 e. The van der Waals surface area contributed by atoms with Crippen LogP contribution in [0.15, 0.2) is 127 Å². The predicted molar refractivity (Wildman–Crippen MR) is 279 cm³/mol. The van der Waals surface area contributed by atoms with Crippen LogP contribution in [0.2, 0.25) is 0 Å². The van der Waals surface area contributed by atoms with Crippen LogP contribution in [0.25, 0.3) is 11.1 Å². The summed E-state index contributed by atoms with van der Waals surface area (Å²) in [6.07, 6.45) is 19.8. The van der Waals surface area contributed by atoms with E-state index in [0.29, 0.717) is 41.4 Å². The summed E-state index contributed by atoms with van der Waals surface area (Å²) in [5, 5.41) is 24.8. The van der Waals surface area contributed by atoms with Gasteiger partial charge in [0.05, 0.1) is 24.8 Å². The fourth-order valence-electron chi connectivity index (χ4n) is 11.2. The van der Waals surface area contributed by atoms with E-state index in [9.17, 15) is 19.4 Å². The summed E-state index contributed by atoms with van der Waals surface area (Å²) < 4.78 is 41.9. The van der Waals surface area contributed by atoms with Gasteiger partial charge in [-0.25, -0.2) is 9.18 Å². The maximum atomic E-state index is 14.9. The van der Waals surface area contributed by atoms with Crippen LogP contribution >= 0.6 is 0 Å². The second-order valence-electron chi connectivity index (χ2n) is 19.5. The molecule has 11 heteroatoms. The summed E-state index contributed by atoms with van der Waals surface area (Å²) in [6.45, 7) is 6.95. The average Bonchev–Trinajstić information content (AvgIpc) is 3.39. The summed E-state index contributed by atoms with van der Waals surface area (Å²) in [4.78, 5) is 22.3. The minimum atomic E-state index is -1.48. The van der Waals surface area contributed by atoms with Gasteiger partial charge in [0.1, 0.15) is 36.2 Å². The van der Waals surface area contributed by atoms with Crippen LogP contribution in [0, 0.1) is 23.6 Å². The highest BCUT2D eigenvalue weighted by molar-refractivity contribution is 6.03. The van der Waals surface area contributed by atoms with Crippen LogP contribution in [-0.2, 0) is 20.9 Å². The van der Waals surface area contributed by atoms with Crippen LogP contribution in [0.5, 0.6) is 17.2 Å². The second kappa shape index (κ2) is 27.4. The molecule has 1 heterocycles. The second-order valence-corrected chi connectivity index (χ2v) is 19.5. The predicted octanol–water partition coefficient (Wildman–Crippen LogP) is 14.1. The van der Waals surface area contributed by atoms with Crippen LogP contribution in [0.3, 0.4) is 0 Å². The van der Waals surface area contributed by atoms with Crippen molar-refractivity contribution < 1.29 is 43.2 Å². The quantitative estimate of drug-likeness (QED) is 0.0314. The van der Waals surface area contributed by atoms with E-state index < -0.39 is 23.8 Å². The highest BCUT2D eigenvalue weighted by Crippen LogP contribution is 2.62. The summed E-state index contributed by atoms with van der Waals surface area (Å²) in [6, 6.07) is 29.7. The zero-order chi connectivity index (χ0) is 49.8. The Bertz CT molecular complexity index is 2320. The Morgan fingerprint density at radius 3 is 2.15 bits per heavy atom. The van der Waals surface area contributed by atoms with Gasteiger partial charge in [-0.2, -0.15) is 0 Å². The van der Waals surface area contributed by atoms with Gasteiger partial charge in [-0.15, -0.1) is 6.58 Å². The third kappa shape index (κ3) is 13.7. The normalized spacial score (nSPS) is 21.6. The standard InChI is InChI=1S/C60H77FN2O8/c1-4-6-7-8-9-10-11-12-13-21-39-68-59(66)63(43-44-26-30-48(61)31-27-44)56-42-54(62-67-3)52-40-47(24-17-19-36-64)51(25-18-20-37-65)57-53-41-50(34-35-55(53)71-60(56,58(52)57)69-38-5-2)70-49-32-28-46(29-33-49)45-22-15-14-16-23-45/h5,14-16,22-23,26-35,40-41,47,51,56-58,64-65H,2,4,6-13,17-21,24-25,36-39,42-43H2,1,3H3/t47-,51+,56-,57+,58+,60+/m0/s1. The molecule has 1 fully saturated rings. The smallest absolute Gasteiger partial charge is 0.410 e. The number of hydrogen-bond acceptors (Lipinski definition) is 9. The zero-order valence-corrected chi connectivity index (χ0v) is 42.2. The van der Waals surface area contributed by atoms with Gasteiger partial charge < -0.3 is 34.0 Å². The first kappa shape index (κ1) is 53.3. The molecule has 2 aliphatic carbocycles. The number of oxime groups is 1.